The van der Waals surface area contributed by atoms with Gasteiger partial charge in [-0.05, 0) is 25.5 Å². The molecule has 1 fully saturated rings. The van der Waals surface area contributed by atoms with Crippen molar-refractivity contribution in [3.05, 3.63) is 30.3 Å². The van der Waals surface area contributed by atoms with Gasteiger partial charge < -0.3 is 14.4 Å². The highest BCUT2D eigenvalue weighted by atomic mass is 16.5. The third-order valence-electron chi connectivity index (χ3n) is 3.24. The first kappa shape index (κ1) is 14.0. The average Bonchev–Trinajstić information content (AvgIpc) is 2.94. The molecule has 4 nitrogen and oxygen atoms in total. The first-order chi connectivity index (χ1) is 9.33. The monoisotopic (exact) mass is 263 g/mol. The Labute approximate surface area is 114 Å². The number of rotatable bonds is 6. The van der Waals surface area contributed by atoms with Crippen LogP contribution >= 0.6 is 0 Å². The maximum absolute atomic E-state index is 12.4. The number of hydrogen-bond acceptors (Lipinski definition) is 3. The van der Waals surface area contributed by atoms with Gasteiger partial charge in [0.05, 0.1) is 25.7 Å². The van der Waals surface area contributed by atoms with E-state index in [2.05, 4.69) is 0 Å². The van der Waals surface area contributed by atoms with Gasteiger partial charge in [-0.1, -0.05) is 18.2 Å². The minimum absolute atomic E-state index is 0.107. The van der Waals surface area contributed by atoms with Gasteiger partial charge in [-0.15, -0.1) is 0 Å². The summed E-state index contributed by atoms with van der Waals surface area (Å²) in [6.07, 6.45) is 1.31. The molecule has 0 bridgehead atoms. The summed E-state index contributed by atoms with van der Waals surface area (Å²) in [5, 5.41) is 0. The van der Waals surface area contributed by atoms with Gasteiger partial charge in [0.25, 0.3) is 0 Å². The maximum atomic E-state index is 12.4. The quantitative estimate of drug-likeness (QED) is 0.739. The van der Waals surface area contributed by atoms with E-state index < -0.39 is 0 Å². The summed E-state index contributed by atoms with van der Waals surface area (Å²) >= 11 is 0. The Morgan fingerprint density at radius 1 is 1.42 bits per heavy atom. The van der Waals surface area contributed by atoms with Crippen LogP contribution in [-0.2, 0) is 14.3 Å². The molecule has 1 aliphatic rings. The van der Waals surface area contributed by atoms with Gasteiger partial charge in [-0.25, -0.2) is 0 Å². The topological polar surface area (TPSA) is 38.8 Å². The summed E-state index contributed by atoms with van der Waals surface area (Å²) in [6, 6.07) is 9.95. The second-order valence-corrected chi connectivity index (χ2v) is 4.56. The summed E-state index contributed by atoms with van der Waals surface area (Å²) in [7, 11) is 0. The van der Waals surface area contributed by atoms with E-state index in [-0.39, 0.29) is 11.9 Å². The molecule has 0 saturated carbocycles. The molecule has 1 heterocycles. The number of hydrogen-bond donors (Lipinski definition) is 0. The van der Waals surface area contributed by atoms with Crippen LogP contribution in [0.2, 0.25) is 0 Å². The standard InChI is InChI=1S/C15H21NO3/c1-2-18-11-9-15(17)16(14-8-10-19-12-14)13-6-4-3-5-7-13/h3-7,14H,2,8-12H2,1H3/t14-/m0/s1. The average molecular weight is 263 g/mol. The summed E-state index contributed by atoms with van der Waals surface area (Å²) in [5.41, 5.74) is 0.944. The molecule has 1 aliphatic heterocycles. The van der Waals surface area contributed by atoms with Crippen molar-refractivity contribution < 1.29 is 14.3 Å². The van der Waals surface area contributed by atoms with Gasteiger partial charge in [0.2, 0.25) is 5.91 Å². The highest BCUT2D eigenvalue weighted by molar-refractivity contribution is 5.94. The first-order valence-electron chi connectivity index (χ1n) is 6.85. The molecule has 1 atom stereocenters. The molecular formula is C15H21NO3. The number of para-hydroxylation sites is 1. The third-order valence-corrected chi connectivity index (χ3v) is 3.24. The predicted molar refractivity (Wildman–Crippen MR) is 74.3 cm³/mol. The van der Waals surface area contributed by atoms with E-state index >= 15 is 0 Å². The smallest absolute Gasteiger partial charge is 0.229 e. The van der Waals surface area contributed by atoms with E-state index in [1.807, 2.05) is 42.2 Å². The van der Waals surface area contributed by atoms with E-state index in [0.717, 1.165) is 18.7 Å². The highest BCUT2D eigenvalue weighted by Gasteiger charge is 2.28. The number of ether oxygens (including phenoxy) is 2. The lowest BCUT2D eigenvalue weighted by Gasteiger charge is -2.28. The number of carbonyl (C=O) groups is 1. The highest BCUT2D eigenvalue weighted by Crippen LogP contribution is 2.22. The number of carbonyl (C=O) groups excluding carboxylic acids is 1. The molecule has 0 aromatic heterocycles. The molecule has 1 saturated heterocycles. The minimum Gasteiger partial charge on any atom is -0.381 e. The lowest BCUT2D eigenvalue weighted by atomic mass is 10.1. The summed E-state index contributed by atoms with van der Waals surface area (Å²) in [6.45, 7) is 4.41. The van der Waals surface area contributed by atoms with Crippen molar-refractivity contribution in [1.82, 2.24) is 0 Å². The molecule has 0 aliphatic carbocycles. The van der Waals surface area contributed by atoms with E-state index in [0.29, 0.717) is 26.2 Å². The number of anilines is 1. The second kappa shape index (κ2) is 7.26. The molecule has 2 rings (SSSR count). The fourth-order valence-electron chi connectivity index (χ4n) is 2.30. The lowest BCUT2D eigenvalue weighted by molar-refractivity contribution is -0.120. The van der Waals surface area contributed by atoms with Crippen molar-refractivity contribution in [1.29, 1.82) is 0 Å². The fraction of sp³-hybridized carbons (Fsp3) is 0.533. The molecule has 0 radical (unpaired) electrons. The zero-order chi connectivity index (χ0) is 13.5. The molecule has 1 aromatic rings. The van der Waals surface area contributed by atoms with Crippen LogP contribution in [0.3, 0.4) is 0 Å². The first-order valence-corrected chi connectivity index (χ1v) is 6.85. The van der Waals surface area contributed by atoms with Crippen molar-refractivity contribution in [3.63, 3.8) is 0 Å². The van der Waals surface area contributed by atoms with Crippen LogP contribution in [0.25, 0.3) is 0 Å². The van der Waals surface area contributed by atoms with Crippen LogP contribution in [0.4, 0.5) is 5.69 Å². The molecule has 1 aromatic carbocycles. The second-order valence-electron chi connectivity index (χ2n) is 4.56. The van der Waals surface area contributed by atoms with Gasteiger partial charge in [0.15, 0.2) is 0 Å². The summed E-state index contributed by atoms with van der Waals surface area (Å²) < 4.78 is 10.7. The lowest BCUT2D eigenvalue weighted by Crippen LogP contribution is -2.41. The van der Waals surface area contributed by atoms with E-state index in [9.17, 15) is 4.79 Å². The Hall–Kier alpha value is -1.39. The van der Waals surface area contributed by atoms with Gasteiger partial charge >= 0.3 is 0 Å². The van der Waals surface area contributed by atoms with Crippen LogP contribution in [-0.4, -0.2) is 38.4 Å². The Morgan fingerprint density at radius 3 is 2.84 bits per heavy atom. The van der Waals surface area contributed by atoms with E-state index in [4.69, 9.17) is 9.47 Å². The SMILES string of the molecule is CCOCCC(=O)N(c1ccccc1)[C@H]1CCOC1. The van der Waals surface area contributed by atoms with Crippen molar-refractivity contribution >= 4 is 11.6 Å². The predicted octanol–water partition coefficient (Wildman–Crippen LogP) is 2.24. The molecule has 19 heavy (non-hydrogen) atoms. The van der Waals surface area contributed by atoms with Gasteiger partial charge in [0.1, 0.15) is 0 Å². The number of amides is 1. The number of benzene rings is 1. The maximum Gasteiger partial charge on any atom is 0.229 e. The molecular weight excluding hydrogens is 242 g/mol. The number of nitrogens with zero attached hydrogens (tertiary/aromatic N) is 1. The van der Waals surface area contributed by atoms with Gasteiger partial charge in [-0.2, -0.15) is 0 Å². The Kier molecular flexibility index (Phi) is 5.36. The van der Waals surface area contributed by atoms with Gasteiger partial charge in [0, 0.05) is 18.9 Å². The molecule has 4 heteroatoms. The Morgan fingerprint density at radius 2 is 2.21 bits per heavy atom. The van der Waals surface area contributed by atoms with Crippen molar-refractivity contribution in [2.24, 2.45) is 0 Å². The van der Waals surface area contributed by atoms with Crippen LogP contribution in [0.1, 0.15) is 19.8 Å². The largest absolute Gasteiger partial charge is 0.381 e. The third kappa shape index (κ3) is 3.78. The summed E-state index contributed by atoms with van der Waals surface area (Å²) in [5.74, 6) is 0.107. The van der Waals surface area contributed by atoms with Crippen LogP contribution in [0, 0.1) is 0 Å². The Balaban J connectivity index is 2.07. The molecule has 1 amide bonds. The van der Waals surface area contributed by atoms with Crippen LogP contribution < -0.4 is 4.90 Å². The zero-order valence-electron chi connectivity index (χ0n) is 11.4. The molecule has 0 unspecified atom stereocenters. The molecule has 0 N–H and O–H groups in total. The molecule has 104 valence electrons. The van der Waals surface area contributed by atoms with Crippen molar-refractivity contribution in [2.45, 2.75) is 25.8 Å². The summed E-state index contributed by atoms with van der Waals surface area (Å²) in [4.78, 5) is 14.3. The van der Waals surface area contributed by atoms with Crippen LogP contribution in [0.5, 0.6) is 0 Å². The Bertz CT molecular complexity index is 388. The van der Waals surface area contributed by atoms with E-state index in [1.165, 1.54) is 0 Å². The van der Waals surface area contributed by atoms with Crippen molar-refractivity contribution in [2.75, 3.05) is 31.3 Å². The molecule has 0 spiro atoms. The van der Waals surface area contributed by atoms with Crippen molar-refractivity contribution in [3.8, 4) is 0 Å². The van der Waals surface area contributed by atoms with Crippen LogP contribution in [0.15, 0.2) is 30.3 Å². The van der Waals surface area contributed by atoms with Gasteiger partial charge in [-0.3, -0.25) is 4.79 Å². The zero-order valence-corrected chi connectivity index (χ0v) is 11.4. The van der Waals surface area contributed by atoms with E-state index in [1.54, 1.807) is 0 Å². The fourth-order valence-corrected chi connectivity index (χ4v) is 2.30. The minimum atomic E-state index is 0.107. The normalized spacial score (nSPS) is 18.5.